The summed E-state index contributed by atoms with van der Waals surface area (Å²) in [7, 11) is 0. The lowest BCUT2D eigenvalue weighted by molar-refractivity contribution is 0.937. The summed E-state index contributed by atoms with van der Waals surface area (Å²) in [6.07, 6.45) is 1.55. The van der Waals surface area contributed by atoms with Gasteiger partial charge in [0.1, 0.15) is 0 Å². The number of H-pyrrole nitrogens is 1. The van der Waals surface area contributed by atoms with Crippen LogP contribution in [0.5, 0.6) is 0 Å². The van der Waals surface area contributed by atoms with Crippen LogP contribution in [0.1, 0.15) is 0 Å². The zero-order valence-corrected chi connectivity index (χ0v) is 12.1. The van der Waals surface area contributed by atoms with Crippen molar-refractivity contribution in [3.05, 3.63) is 54.0 Å². The number of hydrogen-bond donors (Lipinski definition) is 1. The van der Waals surface area contributed by atoms with E-state index in [9.17, 15) is 4.79 Å². The van der Waals surface area contributed by atoms with Crippen molar-refractivity contribution in [2.24, 2.45) is 0 Å². The van der Waals surface area contributed by atoms with E-state index in [4.69, 9.17) is 35.4 Å². The van der Waals surface area contributed by atoms with Crippen LogP contribution in [0.2, 0.25) is 10.0 Å². The zero-order chi connectivity index (χ0) is 12.6. The molecule has 0 fully saturated rings. The molecule has 0 saturated carbocycles. The van der Waals surface area contributed by atoms with Gasteiger partial charge in [0.05, 0.1) is 15.7 Å². The first-order valence-corrected chi connectivity index (χ1v) is 6.42. The number of benzene rings is 1. The van der Waals surface area contributed by atoms with Gasteiger partial charge in [0.25, 0.3) is 5.56 Å². The third kappa shape index (κ3) is 2.47. The second-order valence-corrected chi connectivity index (χ2v) is 5.17. The Kier molecular flexibility index (Phi) is 3.73. The maximum absolute atomic E-state index is 11.1. The zero-order valence-electron chi connectivity index (χ0n) is 8.21. The summed E-state index contributed by atoms with van der Waals surface area (Å²) >= 11 is 20.5. The molecule has 1 aromatic carbocycles. The Morgan fingerprint density at radius 1 is 1.24 bits per heavy atom. The molecule has 0 bridgehead atoms. The van der Waals surface area contributed by atoms with Crippen molar-refractivity contribution in [2.45, 2.75) is 0 Å². The number of aromatic amines is 1. The van der Waals surface area contributed by atoms with Gasteiger partial charge < -0.3 is 0 Å². The van der Waals surface area contributed by atoms with E-state index in [2.05, 4.69) is 20.9 Å². The van der Waals surface area contributed by atoms with Gasteiger partial charge in [0.2, 0.25) is 0 Å². The van der Waals surface area contributed by atoms with E-state index in [0.717, 1.165) is 0 Å². The fourth-order valence-electron chi connectivity index (χ4n) is 1.31. The summed E-state index contributed by atoms with van der Waals surface area (Å²) in [5, 5.41) is 0.765. The predicted molar refractivity (Wildman–Crippen MR) is 74.9 cm³/mol. The highest BCUT2D eigenvalue weighted by Crippen LogP contribution is 2.34. The largest absolute Gasteiger partial charge is 0.299 e. The van der Waals surface area contributed by atoms with Crippen LogP contribution in [0.15, 0.2) is 33.7 Å². The Morgan fingerprint density at radius 3 is 2.59 bits per heavy atom. The van der Waals surface area contributed by atoms with Gasteiger partial charge in [-0.3, -0.25) is 14.3 Å². The molecule has 17 heavy (non-hydrogen) atoms. The molecule has 0 amide bonds. The number of rotatable bonds is 1. The first-order valence-electron chi connectivity index (χ1n) is 4.46. The molecule has 1 N–H and O–H groups in total. The molecule has 0 aliphatic heterocycles. The lowest BCUT2D eigenvalue weighted by Crippen LogP contribution is -2.10. The molecule has 0 saturated heterocycles. The second-order valence-electron chi connectivity index (χ2n) is 3.17. The van der Waals surface area contributed by atoms with Crippen molar-refractivity contribution in [3.8, 4) is 5.69 Å². The van der Waals surface area contributed by atoms with E-state index in [1.807, 2.05) is 0 Å². The maximum atomic E-state index is 11.1. The van der Waals surface area contributed by atoms with Crippen LogP contribution < -0.4 is 5.56 Å². The molecule has 7 heteroatoms. The molecule has 3 nitrogen and oxygen atoms in total. The van der Waals surface area contributed by atoms with Crippen LogP contribution in [0, 0.1) is 4.77 Å². The van der Waals surface area contributed by atoms with Gasteiger partial charge in [-0.1, -0.05) is 23.2 Å². The maximum Gasteiger partial charge on any atom is 0.251 e. The predicted octanol–water partition coefficient (Wildman–Crippen LogP) is 3.96. The standard InChI is InChI=1S/C10H5BrCl2N2OS/c11-5-1-2-6(9(13)8(5)12)15-4-3-7(16)14-10(15)17/h1-4H,(H,14,16,17). The van der Waals surface area contributed by atoms with Crippen molar-refractivity contribution in [1.82, 2.24) is 9.55 Å². The summed E-state index contributed by atoms with van der Waals surface area (Å²) in [5.74, 6) is 0. The monoisotopic (exact) mass is 350 g/mol. The molecule has 0 radical (unpaired) electrons. The van der Waals surface area contributed by atoms with Gasteiger partial charge >= 0.3 is 0 Å². The Balaban J connectivity index is 2.74. The molecule has 0 atom stereocenters. The van der Waals surface area contributed by atoms with Crippen LogP contribution in [-0.2, 0) is 0 Å². The van der Waals surface area contributed by atoms with Gasteiger partial charge in [0, 0.05) is 16.7 Å². The highest BCUT2D eigenvalue weighted by atomic mass is 79.9. The number of halogens is 3. The summed E-state index contributed by atoms with van der Waals surface area (Å²) in [5.41, 5.74) is 0.353. The minimum absolute atomic E-state index is 0.259. The van der Waals surface area contributed by atoms with E-state index in [-0.39, 0.29) is 10.3 Å². The van der Waals surface area contributed by atoms with E-state index < -0.39 is 0 Å². The van der Waals surface area contributed by atoms with Gasteiger partial charge in [-0.2, -0.15) is 0 Å². The second kappa shape index (κ2) is 4.94. The van der Waals surface area contributed by atoms with Gasteiger partial charge in [-0.15, -0.1) is 0 Å². The number of nitrogens with one attached hydrogen (secondary N) is 1. The molecule has 0 unspecified atom stereocenters. The molecule has 88 valence electrons. The Morgan fingerprint density at radius 2 is 1.94 bits per heavy atom. The van der Waals surface area contributed by atoms with Crippen molar-refractivity contribution < 1.29 is 0 Å². The highest BCUT2D eigenvalue weighted by Gasteiger charge is 2.10. The summed E-state index contributed by atoms with van der Waals surface area (Å²) in [6, 6.07) is 4.88. The van der Waals surface area contributed by atoms with Gasteiger partial charge in [-0.25, -0.2) is 0 Å². The van der Waals surface area contributed by atoms with Crippen molar-refractivity contribution in [2.75, 3.05) is 0 Å². The van der Waals surface area contributed by atoms with Crippen LogP contribution in [0.25, 0.3) is 5.69 Å². The van der Waals surface area contributed by atoms with Gasteiger partial charge in [0.15, 0.2) is 4.77 Å². The van der Waals surface area contributed by atoms with E-state index in [0.29, 0.717) is 20.2 Å². The van der Waals surface area contributed by atoms with Crippen molar-refractivity contribution in [1.29, 1.82) is 0 Å². The Hall–Kier alpha value is -0.620. The lowest BCUT2D eigenvalue weighted by atomic mass is 10.3. The third-order valence-corrected chi connectivity index (χ3v) is 4.16. The minimum Gasteiger partial charge on any atom is -0.299 e. The number of nitrogens with zero attached hydrogens (tertiary/aromatic N) is 1. The van der Waals surface area contributed by atoms with Crippen LogP contribution >= 0.6 is 51.3 Å². The molecule has 1 aromatic heterocycles. The summed E-state index contributed by atoms with van der Waals surface area (Å²) in [6.45, 7) is 0. The average molecular weight is 352 g/mol. The molecule has 0 aliphatic carbocycles. The Bertz CT molecular complexity index is 695. The molecule has 0 aliphatic rings. The van der Waals surface area contributed by atoms with E-state index in [1.165, 1.54) is 6.07 Å². The molecular formula is C10H5BrCl2N2OS. The SMILES string of the molecule is O=c1ccn(-c2ccc(Br)c(Cl)c2Cl)c(=S)[nH]1. The summed E-state index contributed by atoms with van der Waals surface area (Å²) < 4.78 is 2.54. The third-order valence-electron chi connectivity index (χ3n) is 2.10. The molecular weight excluding hydrogens is 347 g/mol. The highest BCUT2D eigenvalue weighted by molar-refractivity contribution is 9.10. The van der Waals surface area contributed by atoms with Crippen LogP contribution in [0.3, 0.4) is 0 Å². The van der Waals surface area contributed by atoms with Crippen LogP contribution in [0.4, 0.5) is 0 Å². The van der Waals surface area contributed by atoms with E-state index in [1.54, 1.807) is 22.9 Å². The molecule has 2 aromatic rings. The number of hydrogen-bond acceptors (Lipinski definition) is 2. The van der Waals surface area contributed by atoms with Crippen molar-refractivity contribution >= 4 is 51.3 Å². The van der Waals surface area contributed by atoms with E-state index >= 15 is 0 Å². The van der Waals surface area contributed by atoms with Gasteiger partial charge in [-0.05, 0) is 40.3 Å². The lowest BCUT2D eigenvalue weighted by Gasteiger charge is -2.10. The topological polar surface area (TPSA) is 37.8 Å². The first kappa shape index (κ1) is 12.8. The fraction of sp³-hybridized carbons (Fsp3) is 0. The average Bonchev–Trinajstić information content (AvgIpc) is 2.28. The normalized spacial score (nSPS) is 10.5. The quantitative estimate of drug-likeness (QED) is 0.623. The molecule has 0 spiro atoms. The minimum atomic E-state index is -0.259. The Labute approximate surface area is 120 Å². The first-order chi connectivity index (χ1) is 8.00. The summed E-state index contributed by atoms with van der Waals surface area (Å²) in [4.78, 5) is 13.6. The molecule has 2 rings (SSSR count). The van der Waals surface area contributed by atoms with Crippen molar-refractivity contribution in [3.63, 3.8) is 0 Å². The smallest absolute Gasteiger partial charge is 0.251 e. The molecule has 1 heterocycles. The van der Waals surface area contributed by atoms with Crippen LogP contribution in [-0.4, -0.2) is 9.55 Å². The number of aromatic nitrogens is 2. The fourth-order valence-corrected chi connectivity index (χ4v) is 2.43.